The van der Waals surface area contributed by atoms with Gasteiger partial charge in [-0.05, 0) is 73.7 Å². The van der Waals surface area contributed by atoms with Gasteiger partial charge in [0.25, 0.3) is 0 Å². The molecule has 1 heterocycles. The third-order valence-electron chi connectivity index (χ3n) is 4.37. The minimum absolute atomic E-state index is 0.395. The molecule has 31 heavy (non-hydrogen) atoms. The SMILES string of the molecule is C/C(=N\NC(=O)C(=O)Nc1ccc(C)cc1C)c1ccc(OC(=O)c2cccs2)cc1. The first-order valence-electron chi connectivity index (χ1n) is 9.42. The molecule has 0 aliphatic carbocycles. The maximum Gasteiger partial charge on any atom is 0.353 e. The molecule has 0 radical (unpaired) electrons. The summed E-state index contributed by atoms with van der Waals surface area (Å²) < 4.78 is 5.31. The molecule has 0 unspecified atom stereocenters. The second kappa shape index (κ2) is 9.82. The number of hydrogen-bond acceptors (Lipinski definition) is 6. The number of rotatable bonds is 5. The van der Waals surface area contributed by atoms with Gasteiger partial charge >= 0.3 is 17.8 Å². The average Bonchev–Trinajstić information content (AvgIpc) is 3.29. The van der Waals surface area contributed by atoms with E-state index >= 15 is 0 Å². The first-order chi connectivity index (χ1) is 14.8. The van der Waals surface area contributed by atoms with E-state index in [1.165, 1.54) is 11.3 Å². The Kier molecular flexibility index (Phi) is 6.94. The van der Waals surface area contributed by atoms with Crippen LogP contribution in [0.25, 0.3) is 0 Å². The van der Waals surface area contributed by atoms with E-state index in [1.54, 1.807) is 54.8 Å². The number of ether oxygens (including phenoxy) is 1. The minimum atomic E-state index is -0.874. The van der Waals surface area contributed by atoms with Crippen LogP contribution in [0, 0.1) is 13.8 Å². The minimum Gasteiger partial charge on any atom is -0.422 e. The lowest BCUT2D eigenvalue weighted by molar-refractivity contribution is -0.136. The summed E-state index contributed by atoms with van der Waals surface area (Å²) in [7, 11) is 0. The van der Waals surface area contributed by atoms with Gasteiger partial charge < -0.3 is 10.1 Å². The molecule has 0 fully saturated rings. The maximum absolute atomic E-state index is 12.1. The van der Waals surface area contributed by atoms with Crippen molar-refractivity contribution in [2.45, 2.75) is 20.8 Å². The Bertz CT molecular complexity index is 1140. The molecule has 1 aromatic heterocycles. The number of hydrogen-bond donors (Lipinski definition) is 2. The van der Waals surface area contributed by atoms with Crippen molar-refractivity contribution in [3.05, 3.63) is 81.5 Å². The van der Waals surface area contributed by atoms with Crippen molar-refractivity contribution >= 4 is 40.5 Å². The van der Waals surface area contributed by atoms with E-state index in [0.717, 1.165) is 11.1 Å². The van der Waals surface area contributed by atoms with Gasteiger partial charge in [-0.15, -0.1) is 11.3 Å². The van der Waals surface area contributed by atoms with Gasteiger partial charge in [-0.25, -0.2) is 10.2 Å². The molecular weight excluding hydrogens is 414 g/mol. The number of thiophene rings is 1. The van der Waals surface area contributed by atoms with Crippen molar-refractivity contribution in [3.8, 4) is 5.75 Å². The summed E-state index contributed by atoms with van der Waals surface area (Å²) in [5.74, 6) is -1.71. The molecule has 0 bridgehead atoms. The molecule has 8 heteroatoms. The molecule has 0 saturated heterocycles. The first-order valence-corrected chi connectivity index (χ1v) is 10.3. The van der Waals surface area contributed by atoms with Crippen LogP contribution in [0.15, 0.2) is 65.1 Å². The second-order valence-electron chi connectivity index (χ2n) is 6.80. The molecule has 3 rings (SSSR count). The van der Waals surface area contributed by atoms with Crippen LogP contribution in [0.2, 0.25) is 0 Å². The second-order valence-corrected chi connectivity index (χ2v) is 7.75. The van der Waals surface area contributed by atoms with Gasteiger partial charge in [0.15, 0.2) is 0 Å². The molecule has 2 amide bonds. The van der Waals surface area contributed by atoms with Gasteiger partial charge in [0.1, 0.15) is 10.6 Å². The third-order valence-corrected chi connectivity index (χ3v) is 5.22. The molecule has 158 valence electrons. The van der Waals surface area contributed by atoms with E-state index in [2.05, 4.69) is 15.8 Å². The number of benzene rings is 2. The zero-order chi connectivity index (χ0) is 22.4. The molecule has 0 saturated carbocycles. The Morgan fingerprint density at radius 2 is 1.71 bits per heavy atom. The standard InChI is InChI=1S/C23H21N3O4S/c1-14-6-11-19(15(2)13-14)24-21(27)22(28)26-25-16(3)17-7-9-18(10-8-17)30-23(29)20-5-4-12-31-20/h4-13H,1-3H3,(H,24,27)(H,26,28)/b25-16+. The van der Waals surface area contributed by atoms with Crippen molar-refractivity contribution in [2.75, 3.05) is 5.32 Å². The van der Waals surface area contributed by atoms with Gasteiger partial charge in [0.2, 0.25) is 0 Å². The highest BCUT2D eigenvalue weighted by Gasteiger charge is 2.14. The quantitative estimate of drug-likeness (QED) is 0.208. The van der Waals surface area contributed by atoms with Crippen molar-refractivity contribution in [1.82, 2.24) is 5.43 Å². The monoisotopic (exact) mass is 435 g/mol. The smallest absolute Gasteiger partial charge is 0.353 e. The fraction of sp³-hybridized carbons (Fsp3) is 0.130. The number of amides is 2. The predicted molar refractivity (Wildman–Crippen MR) is 121 cm³/mol. The number of hydrazone groups is 1. The van der Waals surface area contributed by atoms with Crippen LogP contribution in [0.3, 0.4) is 0 Å². The summed E-state index contributed by atoms with van der Waals surface area (Å²) in [6.07, 6.45) is 0. The maximum atomic E-state index is 12.1. The molecule has 0 spiro atoms. The molecule has 0 aliphatic rings. The zero-order valence-electron chi connectivity index (χ0n) is 17.3. The van der Waals surface area contributed by atoms with Gasteiger partial charge in [-0.3, -0.25) is 9.59 Å². The van der Waals surface area contributed by atoms with Crippen LogP contribution in [0.5, 0.6) is 5.75 Å². The van der Waals surface area contributed by atoms with Crippen LogP contribution in [-0.4, -0.2) is 23.5 Å². The average molecular weight is 436 g/mol. The number of aryl methyl sites for hydroxylation is 2. The molecular formula is C23H21N3O4S. The number of anilines is 1. The molecule has 0 atom stereocenters. The Balaban J connectivity index is 1.57. The first kappa shape index (κ1) is 21.9. The van der Waals surface area contributed by atoms with Crippen LogP contribution >= 0.6 is 11.3 Å². The highest BCUT2D eigenvalue weighted by Crippen LogP contribution is 2.17. The van der Waals surface area contributed by atoms with Gasteiger partial charge in [-0.1, -0.05) is 23.8 Å². The van der Waals surface area contributed by atoms with Gasteiger partial charge in [-0.2, -0.15) is 5.10 Å². The molecule has 7 nitrogen and oxygen atoms in total. The summed E-state index contributed by atoms with van der Waals surface area (Å²) in [6.45, 7) is 5.49. The number of esters is 1. The van der Waals surface area contributed by atoms with E-state index in [9.17, 15) is 14.4 Å². The molecule has 2 aromatic carbocycles. The fourth-order valence-electron chi connectivity index (χ4n) is 2.70. The fourth-order valence-corrected chi connectivity index (χ4v) is 3.30. The summed E-state index contributed by atoms with van der Waals surface area (Å²) >= 11 is 1.31. The Labute approximate surface area is 183 Å². The number of carbonyl (C=O) groups is 3. The molecule has 3 aromatic rings. The Morgan fingerprint density at radius 3 is 2.35 bits per heavy atom. The van der Waals surface area contributed by atoms with E-state index in [0.29, 0.717) is 27.6 Å². The molecule has 2 N–H and O–H groups in total. The normalized spacial score (nSPS) is 11.0. The van der Waals surface area contributed by atoms with E-state index < -0.39 is 17.8 Å². The highest BCUT2D eigenvalue weighted by atomic mass is 32.1. The predicted octanol–water partition coefficient (Wildman–Crippen LogP) is 4.06. The van der Waals surface area contributed by atoms with Gasteiger partial charge in [0, 0.05) is 5.69 Å². The lowest BCUT2D eigenvalue weighted by atomic mass is 10.1. The topological polar surface area (TPSA) is 96.9 Å². The van der Waals surface area contributed by atoms with E-state index in [-0.39, 0.29) is 0 Å². The largest absolute Gasteiger partial charge is 0.422 e. The van der Waals surface area contributed by atoms with Crippen LogP contribution in [-0.2, 0) is 9.59 Å². The summed E-state index contributed by atoms with van der Waals surface area (Å²) in [6, 6.07) is 15.7. The lowest BCUT2D eigenvalue weighted by Crippen LogP contribution is -2.33. The summed E-state index contributed by atoms with van der Waals surface area (Å²) in [4.78, 5) is 36.7. The number of nitrogens with zero attached hydrogens (tertiary/aromatic N) is 1. The molecule has 0 aliphatic heterocycles. The highest BCUT2D eigenvalue weighted by molar-refractivity contribution is 7.12. The van der Waals surface area contributed by atoms with Crippen LogP contribution < -0.4 is 15.5 Å². The van der Waals surface area contributed by atoms with Crippen molar-refractivity contribution in [1.29, 1.82) is 0 Å². The van der Waals surface area contributed by atoms with Crippen LogP contribution in [0.1, 0.15) is 33.3 Å². The van der Waals surface area contributed by atoms with Crippen LogP contribution in [0.4, 0.5) is 5.69 Å². The van der Waals surface area contributed by atoms with Crippen molar-refractivity contribution < 1.29 is 19.1 Å². The summed E-state index contributed by atoms with van der Waals surface area (Å²) in [5, 5.41) is 8.35. The number of carbonyl (C=O) groups excluding carboxylic acids is 3. The zero-order valence-corrected chi connectivity index (χ0v) is 18.1. The van der Waals surface area contributed by atoms with Crippen molar-refractivity contribution in [2.24, 2.45) is 5.10 Å². The van der Waals surface area contributed by atoms with Gasteiger partial charge in [0.05, 0.1) is 5.71 Å². The Morgan fingerprint density at radius 1 is 0.968 bits per heavy atom. The lowest BCUT2D eigenvalue weighted by Gasteiger charge is -2.08. The summed E-state index contributed by atoms with van der Waals surface area (Å²) in [5.41, 5.74) is 5.93. The third kappa shape index (κ3) is 5.86. The number of nitrogens with one attached hydrogen (secondary N) is 2. The van der Waals surface area contributed by atoms with E-state index in [1.807, 2.05) is 26.0 Å². The van der Waals surface area contributed by atoms with E-state index in [4.69, 9.17) is 4.74 Å². The Hall–Kier alpha value is -3.78. The van der Waals surface area contributed by atoms with Crippen molar-refractivity contribution in [3.63, 3.8) is 0 Å².